The Morgan fingerprint density at radius 1 is 1.19 bits per heavy atom. The van der Waals surface area contributed by atoms with Crippen LogP contribution in [0, 0.1) is 6.92 Å². The van der Waals surface area contributed by atoms with Crippen molar-refractivity contribution in [2.75, 3.05) is 5.32 Å². The number of alkyl halides is 3. The zero-order valence-electron chi connectivity index (χ0n) is 18.6. The molecule has 190 valence electrons. The van der Waals surface area contributed by atoms with Gasteiger partial charge in [-0.1, -0.05) is 23.2 Å². The number of benzene rings is 1. The number of carbonyl (C=O) groups is 2. The van der Waals surface area contributed by atoms with E-state index >= 15 is 0 Å². The summed E-state index contributed by atoms with van der Waals surface area (Å²) in [5.74, 6) is -2.21. The number of aryl methyl sites for hydroxylation is 2. The number of carboxylic acid groups (broad SMARTS) is 1. The van der Waals surface area contributed by atoms with Crippen LogP contribution in [-0.4, -0.2) is 47.3 Å². The van der Waals surface area contributed by atoms with Crippen LogP contribution in [0.5, 0.6) is 0 Å². The van der Waals surface area contributed by atoms with Crippen LogP contribution < -0.4 is 11.1 Å². The Morgan fingerprint density at radius 2 is 1.86 bits per heavy atom. The second-order valence-electron chi connectivity index (χ2n) is 7.25. The zero-order valence-corrected chi connectivity index (χ0v) is 20.2. The Hall–Kier alpha value is -3.68. The molecule has 0 atom stereocenters. The van der Waals surface area contributed by atoms with Crippen LogP contribution in [0.3, 0.4) is 0 Å². The molecule has 0 spiro atoms. The molecule has 36 heavy (non-hydrogen) atoms. The first-order valence-corrected chi connectivity index (χ1v) is 10.7. The van der Waals surface area contributed by atoms with Crippen LogP contribution in [0.25, 0.3) is 17.0 Å². The third kappa shape index (κ3) is 5.75. The third-order valence-electron chi connectivity index (χ3n) is 4.85. The number of amides is 1. The number of hydrogen-bond donors (Lipinski definition) is 3. The van der Waals surface area contributed by atoms with E-state index in [0.717, 1.165) is 16.8 Å². The van der Waals surface area contributed by atoms with Gasteiger partial charge in [-0.15, -0.1) is 0 Å². The van der Waals surface area contributed by atoms with E-state index in [0.29, 0.717) is 27.3 Å². The van der Waals surface area contributed by atoms with Crippen molar-refractivity contribution in [2.24, 2.45) is 12.8 Å². The number of halogens is 5. The molecule has 3 aromatic heterocycles. The van der Waals surface area contributed by atoms with Gasteiger partial charge in [-0.05, 0) is 25.1 Å². The first kappa shape index (κ1) is 26.9. The highest BCUT2D eigenvalue weighted by Crippen LogP contribution is 2.34. The molecule has 0 aliphatic rings. The molecule has 0 saturated carbocycles. The molecule has 1 amide bonds. The lowest BCUT2D eigenvalue weighted by Gasteiger charge is -2.14. The summed E-state index contributed by atoms with van der Waals surface area (Å²) in [4.78, 5) is 30.5. The molecular formula is C21H18Cl2F3N7O3. The monoisotopic (exact) mass is 543 g/mol. The Morgan fingerprint density at radius 3 is 2.39 bits per heavy atom. The molecule has 0 bridgehead atoms. The molecule has 15 heteroatoms. The molecule has 0 radical (unpaired) electrons. The first-order valence-electron chi connectivity index (χ1n) is 9.97. The van der Waals surface area contributed by atoms with Gasteiger partial charge in [0.2, 0.25) is 5.78 Å². The van der Waals surface area contributed by atoms with Crippen molar-refractivity contribution in [3.05, 3.63) is 63.7 Å². The van der Waals surface area contributed by atoms with Crippen molar-refractivity contribution >= 4 is 46.7 Å². The van der Waals surface area contributed by atoms with Gasteiger partial charge in [0, 0.05) is 47.7 Å². The molecule has 3 heterocycles. The van der Waals surface area contributed by atoms with Gasteiger partial charge >= 0.3 is 12.1 Å². The number of aliphatic carboxylic acids is 1. The predicted octanol–water partition coefficient (Wildman–Crippen LogP) is 4.09. The largest absolute Gasteiger partial charge is 0.490 e. The van der Waals surface area contributed by atoms with Crippen LogP contribution in [0.4, 0.5) is 19.0 Å². The lowest BCUT2D eigenvalue weighted by molar-refractivity contribution is -0.192. The van der Waals surface area contributed by atoms with Crippen LogP contribution in [0.1, 0.15) is 21.7 Å². The van der Waals surface area contributed by atoms with Crippen molar-refractivity contribution < 1.29 is 27.9 Å². The number of aromatic nitrogens is 5. The van der Waals surface area contributed by atoms with Crippen molar-refractivity contribution in [2.45, 2.75) is 19.6 Å². The van der Waals surface area contributed by atoms with Crippen molar-refractivity contribution in [1.29, 1.82) is 0 Å². The van der Waals surface area contributed by atoms with Gasteiger partial charge in [0.1, 0.15) is 11.5 Å². The highest BCUT2D eigenvalue weighted by molar-refractivity contribution is 6.36. The number of nitrogens with zero attached hydrogens (tertiary/aromatic N) is 5. The van der Waals surface area contributed by atoms with E-state index < -0.39 is 12.1 Å². The van der Waals surface area contributed by atoms with Gasteiger partial charge in [-0.2, -0.15) is 18.3 Å². The summed E-state index contributed by atoms with van der Waals surface area (Å²) in [7, 11) is 1.73. The normalized spacial score (nSPS) is 11.2. The standard InChI is InChI=1S/C19H17Cl2N7O.C2HF3O2/c1-10-13(8-22)17(12-4-3-11(20)7-14(12)21)28-9-15(25-19(28)24-10)18(29)26-16-5-6-23-27(16)2;3-2(4,5)1(6)7/h3-7,9H,8,22H2,1-2H3,(H,26,29);(H,6,7). The summed E-state index contributed by atoms with van der Waals surface area (Å²) < 4.78 is 35.0. The van der Waals surface area contributed by atoms with Gasteiger partial charge in [-0.25, -0.2) is 14.8 Å². The van der Waals surface area contributed by atoms with Crippen LogP contribution in [0.2, 0.25) is 10.0 Å². The van der Waals surface area contributed by atoms with E-state index in [-0.39, 0.29) is 18.1 Å². The number of nitrogens with one attached hydrogen (secondary N) is 1. The average molecular weight is 544 g/mol. The SMILES string of the molecule is Cc1nc2nc(C(=O)Nc3ccnn3C)cn2c(-c2ccc(Cl)cc2Cl)c1CN.O=C(O)C(F)(F)F. The number of rotatable bonds is 4. The lowest BCUT2D eigenvalue weighted by atomic mass is 10.0. The fourth-order valence-corrected chi connectivity index (χ4v) is 3.65. The fourth-order valence-electron chi connectivity index (χ4n) is 3.15. The predicted molar refractivity (Wildman–Crippen MR) is 126 cm³/mol. The van der Waals surface area contributed by atoms with E-state index in [4.69, 9.17) is 38.8 Å². The maximum Gasteiger partial charge on any atom is 0.490 e. The van der Waals surface area contributed by atoms with Crippen molar-refractivity contribution in [3.8, 4) is 11.3 Å². The fraction of sp³-hybridized carbons (Fsp3) is 0.190. The number of hydrogen-bond acceptors (Lipinski definition) is 6. The summed E-state index contributed by atoms with van der Waals surface area (Å²) >= 11 is 12.5. The molecule has 0 saturated heterocycles. The topological polar surface area (TPSA) is 140 Å². The van der Waals surface area contributed by atoms with Crippen LogP contribution >= 0.6 is 23.2 Å². The average Bonchev–Trinajstić information content (AvgIpc) is 3.39. The smallest absolute Gasteiger partial charge is 0.475 e. The van der Waals surface area contributed by atoms with E-state index in [1.807, 2.05) is 13.0 Å². The first-order chi connectivity index (χ1) is 16.8. The summed E-state index contributed by atoms with van der Waals surface area (Å²) in [6.45, 7) is 2.09. The summed E-state index contributed by atoms with van der Waals surface area (Å²) in [6, 6.07) is 6.92. The van der Waals surface area contributed by atoms with Gasteiger partial charge in [0.25, 0.3) is 5.91 Å². The van der Waals surface area contributed by atoms with Crippen LogP contribution in [0.15, 0.2) is 36.7 Å². The summed E-state index contributed by atoms with van der Waals surface area (Å²) in [6.07, 6.45) is -1.87. The van der Waals surface area contributed by atoms with Crippen LogP contribution in [-0.2, 0) is 18.4 Å². The highest BCUT2D eigenvalue weighted by atomic mass is 35.5. The Bertz CT molecular complexity index is 1450. The maximum absolute atomic E-state index is 12.7. The maximum atomic E-state index is 12.7. The Balaban J connectivity index is 0.000000454. The molecule has 0 aliphatic carbocycles. The quantitative estimate of drug-likeness (QED) is 0.352. The number of anilines is 1. The Labute approximate surface area is 211 Å². The minimum Gasteiger partial charge on any atom is -0.475 e. The second kappa shape index (κ2) is 10.5. The van der Waals surface area contributed by atoms with E-state index in [1.165, 1.54) is 0 Å². The lowest BCUT2D eigenvalue weighted by Crippen LogP contribution is -2.21. The minimum absolute atomic E-state index is 0.207. The number of carboxylic acids is 1. The minimum atomic E-state index is -5.08. The molecule has 10 nitrogen and oxygen atoms in total. The van der Waals surface area contributed by atoms with Gasteiger partial charge in [0.15, 0.2) is 0 Å². The number of imidazole rings is 1. The molecule has 0 fully saturated rings. The molecule has 4 N–H and O–H groups in total. The van der Waals surface area contributed by atoms with Gasteiger partial charge in [-0.3, -0.25) is 13.9 Å². The summed E-state index contributed by atoms with van der Waals surface area (Å²) in [5.41, 5.74) is 9.18. The second-order valence-corrected chi connectivity index (χ2v) is 8.09. The number of fused-ring (bicyclic) bond motifs is 1. The van der Waals surface area contributed by atoms with Gasteiger partial charge in [0.05, 0.1) is 16.9 Å². The van der Waals surface area contributed by atoms with E-state index in [1.54, 1.807) is 46.7 Å². The molecule has 0 unspecified atom stereocenters. The molecule has 4 rings (SSSR count). The molecule has 0 aliphatic heterocycles. The van der Waals surface area contributed by atoms with E-state index in [9.17, 15) is 18.0 Å². The zero-order chi connectivity index (χ0) is 26.8. The van der Waals surface area contributed by atoms with Gasteiger partial charge < -0.3 is 16.2 Å². The van der Waals surface area contributed by atoms with Crippen molar-refractivity contribution in [3.63, 3.8) is 0 Å². The molecular weight excluding hydrogens is 526 g/mol. The molecule has 4 aromatic rings. The third-order valence-corrected chi connectivity index (χ3v) is 5.39. The highest BCUT2D eigenvalue weighted by Gasteiger charge is 2.38. The summed E-state index contributed by atoms with van der Waals surface area (Å²) in [5, 5.41) is 14.9. The number of carbonyl (C=O) groups excluding carboxylic acids is 1. The number of nitrogens with two attached hydrogens (primary N) is 1. The Kier molecular flexibility index (Phi) is 7.86. The van der Waals surface area contributed by atoms with E-state index in [2.05, 4.69) is 20.4 Å². The van der Waals surface area contributed by atoms with Crippen molar-refractivity contribution in [1.82, 2.24) is 24.1 Å². The molecule has 1 aromatic carbocycles.